The lowest BCUT2D eigenvalue weighted by molar-refractivity contribution is 0.102. The summed E-state index contributed by atoms with van der Waals surface area (Å²) >= 11 is 0. The number of aromatic nitrogens is 1. The van der Waals surface area contributed by atoms with Gasteiger partial charge in [-0.3, -0.25) is 4.79 Å². The molecule has 0 bridgehead atoms. The fraction of sp³-hybridized carbons (Fsp3) is 0.333. The van der Waals surface area contributed by atoms with Crippen molar-refractivity contribution in [1.29, 1.82) is 0 Å². The molecule has 2 heterocycles. The molecule has 0 saturated carbocycles. The molecule has 4 rings (SSSR count). The summed E-state index contributed by atoms with van der Waals surface area (Å²) in [6.45, 7) is 6.05. The van der Waals surface area contributed by atoms with Crippen LogP contribution in [0.5, 0.6) is 5.75 Å². The Morgan fingerprint density at radius 3 is 2.68 bits per heavy atom. The van der Waals surface area contributed by atoms with Crippen molar-refractivity contribution >= 4 is 34.5 Å². The number of anilines is 5. The number of benzene rings is 2. The van der Waals surface area contributed by atoms with E-state index in [1.807, 2.05) is 12.1 Å². The van der Waals surface area contributed by atoms with Crippen LogP contribution in [0.3, 0.4) is 0 Å². The van der Waals surface area contributed by atoms with Crippen LogP contribution in [0.4, 0.5) is 33.0 Å². The summed E-state index contributed by atoms with van der Waals surface area (Å²) in [6.07, 6.45) is 7.24. The summed E-state index contributed by atoms with van der Waals surface area (Å²) in [7, 11) is 0. The third-order valence-electron chi connectivity index (χ3n) is 6.39. The van der Waals surface area contributed by atoms with Gasteiger partial charge in [0, 0.05) is 12.3 Å². The molecule has 6 nitrogen and oxygen atoms in total. The fourth-order valence-electron chi connectivity index (χ4n) is 4.31. The molecule has 0 saturated heterocycles. The van der Waals surface area contributed by atoms with Gasteiger partial charge in [-0.15, -0.1) is 0 Å². The first-order valence-corrected chi connectivity index (χ1v) is 11.9. The molecule has 34 heavy (non-hydrogen) atoms. The van der Waals surface area contributed by atoms with E-state index in [0.29, 0.717) is 28.7 Å². The lowest BCUT2D eigenvalue weighted by Crippen LogP contribution is -2.14. The van der Waals surface area contributed by atoms with E-state index in [1.165, 1.54) is 37.0 Å². The van der Waals surface area contributed by atoms with Crippen molar-refractivity contribution in [2.45, 2.75) is 52.9 Å². The van der Waals surface area contributed by atoms with E-state index >= 15 is 0 Å². The lowest BCUT2D eigenvalue weighted by atomic mass is 9.91. The third-order valence-corrected chi connectivity index (χ3v) is 6.39. The summed E-state index contributed by atoms with van der Waals surface area (Å²) in [6, 6.07) is 10.2. The van der Waals surface area contributed by atoms with Crippen LogP contribution in [0.25, 0.3) is 0 Å². The number of rotatable bonds is 8. The monoisotopic (exact) mass is 462 g/mol. The lowest BCUT2D eigenvalue weighted by Gasteiger charge is -2.16. The first kappa shape index (κ1) is 23.5. The number of unbranched alkanes of at least 4 members (excludes halogenated alkanes) is 1. The molecule has 1 aromatic heterocycles. The predicted molar refractivity (Wildman–Crippen MR) is 135 cm³/mol. The van der Waals surface area contributed by atoms with Crippen molar-refractivity contribution in [3.63, 3.8) is 0 Å². The molecule has 1 amide bonds. The number of phenols is 1. The maximum Gasteiger partial charge on any atom is 0.261 e. The molecule has 1 unspecified atom stereocenters. The van der Waals surface area contributed by atoms with Crippen molar-refractivity contribution in [3.05, 3.63) is 65.1 Å². The van der Waals surface area contributed by atoms with Gasteiger partial charge in [0.25, 0.3) is 5.91 Å². The van der Waals surface area contributed by atoms with E-state index in [9.17, 15) is 14.3 Å². The quantitative estimate of drug-likeness (QED) is 0.288. The highest BCUT2D eigenvalue weighted by Crippen LogP contribution is 2.37. The zero-order chi connectivity index (χ0) is 24.2. The molecule has 1 aliphatic heterocycles. The number of carbonyl (C=O) groups is 1. The molecule has 0 aliphatic carbocycles. The average molecular weight is 463 g/mol. The van der Waals surface area contributed by atoms with Gasteiger partial charge in [0.1, 0.15) is 22.9 Å². The number of nitrogens with zero attached hydrogens (tertiary/aromatic N) is 1. The third kappa shape index (κ3) is 4.98. The van der Waals surface area contributed by atoms with Gasteiger partial charge < -0.3 is 21.1 Å². The zero-order valence-corrected chi connectivity index (χ0v) is 19.8. The van der Waals surface area contributed by atoms with Crippen LogP contribution in [0, 0.1) is 18.7 Å². The second-order valence-corrected chi connectivity index (χ2v) is 8.91. The first-order chi connectivity index (χ1) is 16.4. The van der Waals surface area contributed by atoms with Crippen molar-refractivity contribution in [1.82, 2.24) is 4.98 Å². The number of carbonyl (C=O) groups excluding carboxylic acids is 1. The number of pyridine rings is 1. The van der Waals surface area contributed by atoms with Gasteiger partial charge in [0.05, 0.1) is 22.7 Å². The topological polar surface area (TPSA) is 86.3 Å². The minimum Gasteiger partial charge on any atom is -0.508 e. The van der Waals surface area contributed by atoms with Crippen molar-refractivity contribution in [3.8, 4) is 5.75 Å². The second kappa shape index (κ2) is 10.1. The van der Waals surface area contributed by atoms with Crippen molar-refractivity contribution in [2.24, 2.45) is 5.92 Å². The van der Waals surface area contributed by atoms with Gasteiger partial charge in [-0.05, 0) is 54.7 Å². The Hall–Kier alpha value is -3.61. The van der Waals surface area contributed by atoms with Gasteiger partial charge >= 0.3 is 0 Å². The van der Waals surface area contributed by atoms with Gasteiger partial charge in [0.15, 0.2) is 0 Å². The Balaban J connectivity index is 1.62. The van der Waals surface area contributed by atoms with E-state index in [-0.39, 0.29) is 22.9 Å². The van der Waals surface area contributed by atoms with Crippen LogP contribution in [-0.2, 0) is 6.42 Å². The summed E-state index contributed by atoms with van der Waals surface area (Å²) in [5.41, 5.74) is 3.79. The minimum atomic E-state index is -0.524. The molecule has 2 aromatic carbocycles. The summed E-state index contributed by atoms with van der Waals surface area (Å²) in [5, 5.41) is 19.2. The number of aromatic hydroxyl groups is 1. The van der Waals surface area contributed by atoms with Gasteiger partial charge in [-0.2, -0.15) is 0 Å². The Morgan fingerprint density at radius 2 is 1.91 bits per heavy atom. The molecule has 1 atom stereocenters. The van der Waals surface area contributed by atoms with Crippen molar-refractivity contribution < 1.29 is 14.3 Å². The molecule has 1 aliphatic rings. The molecule has 3 aromatic rings. The van der Waals surface area contributed by atoms with Gasteiger partial charge in [-0.1, -0.05) is 45.6 Å². The van der Waals surface area contributed by atoms with E-state index in [2.05, 4.69) is 40.8 Å². The molecule has 178 valence electrons. The highest BCUT2D eigenvalue weighted by molar-refractivity contribution is 6.15. The van der Waals surface area contributed by atoms with Crippen LogP contribution in [0.15, 0.2) is 42.6 Å². The molecule has 7 heteroatoms. The number of aryl methyl sites for hydroxylation is 1. The number of amides is 1. The summed E-state index contributed by atoms with van der Waals surface area (Å²) < 4.78 is 14.5. The largest absolute Gasteiger partial charge is 0.508 e. The first-order valence-electron chi connectivity index (χ1n) is 11.9. The molecule has 0 radical (unpaired) electrons. The Kier molecular flexibility index (Phi) is 7.01. The van der Waals surface area contributed by atoms with Crippen LogP contribution >= 0.6 is 0 Å². The number of hydrogen-bond acceptors (Lipinski definition) is 5. The Labute approximate surface area is 199 Å². The van der Waals surface area contributed by atoms with Crippen LogP contribution in [0.2, 0.25) is 0 Å². The molecule has 0 spiro atoms. The molecular formula is C27H31FN4O2. The standard InChI is InChI=1S/C27H31FN4O2/c1-4-6-7-17(5-2)13-18-8-9-20-23(14-18)32-27(34)25-21(10-11-29-26(25)31-20)30-22-15-24(33)16(3)12-19(22)28/h8-12,14-15,17,33H,4-7,13H2,1-3H3,(H,32,34)(H2,29,30,31). The van der Waals surface area contributed by atoms with Crippen molar-refractivity contribution in [2.75, 3.05) is 16.0 Å². The Morgan fingerprint density at radius 1 is 1.09 bits per heavy atom. The smallest absolute Gasteiger partial charge is 0.261 e. The second-order valence-electron chi connectivity index (χ2n) is 8.91. The maximum atomic E-state index is 14.5. The van der Waals surface area contributed by atoms with Crippen LogP contribution in [0.1, 0.15) is 61.0 Å². The number of fused-ring (bicyclic) bond motifs is 2. The number of halogens is 1. The zero-order valence-electron chi connectivity index (χ0n) is 19.8. The molecule has 0 fully saturated rings. The fourth-order valence-corrected chi connectivity index (χ4v) is 4.31. The highest BCUT2D eigenvalue weighted by Gasteiger charge is 2.24. The summed E-state index contributed by atoms with van der Waals surface area (Å²) in [4.78, 5) is 17.6. The van der Waals surface area contributed by atoms with E-state index < -0.39 is 5.82 Å². The maximum absolute atomic E-state index is 14.5. The van der Waals surface area contributed by atoms with Crippen LogP contribution in [-0.4, -0.2) is 16.0 Å². The number of phenolic OH excluding ortho intramolecular Hbond substituents is 1. The van der Waals surface area contributed by atoms with E-state index in [4.69, 9.17) is 0 Å². The average Bonchev–Trinajstić information content (AvgIpc) is 2.95. The number of hydrogen-bond donors (Lipinski definition) is 4. The minimum absolute atomic E-state index is 0.0316. The Bertz CT molecular complexity index is 1210. The SMILES string of the molecule is CCCCC(CC)Cc1ccc2c(c1)NC(=O)c1c(Nc3cc(O)c(C)cc3F)ccnc1N2. The highest BCUT2D eigenvalue weighted by atomic mass is 19.1. The predicted octanol–water partition coefficient (Wildman–Crippen LogP) is 7.05. The summed E-state index contributed by atoms with van der Waals surface area (Å²) in [5.74, 6) is 0.0898. The van der Waals surface area contributed by atoms with Gasteiger partial charge in [0.2, 0.25) is 0 Å². The van der Waals surface area contributed by atoms with Gasteiger partial charge in [-0.25, -0.2) is 9.37 Å². The van der Waals surface area contributed by atoms with E-state index in [1.54, 1.807) is 19.2 Å². The molecular weight excluding hydrogens is 431 g/mol. The van der Waals surface area contributed by atoms with E-state index in [0.717, 1.165) is 18.5 Å². The van der Waals surface area contributed by atoms with Crippen LogP contribution < -0.4 is 16.0 Å². The normalized spacial score (nSPS) is 13.2. The molecule has 4 N–H and O–H groups in total. The number of nitrogens with one attached hydrogen (secondary N) is 3.